The topological polar surface area (TPSA) is 93.2 Å². The van der Waals surface area contributed by atoms with E-state index in [4.69, 9.17) is 4.74 Å². The van der Waals surface area contributed by atoms with Gasteiger partial charge in [-0.1, -0.05) is 0 Å². The van der Waals surface area contributed by atoms with Crippen LogP contribution in [-0.4, -0.2) is 27.6 Å². The zero-order chi connectivity index (χ0) is 18.6. The second kappa shape index (κ2) is 7.29. The minimum atomic E-state index is -0.590. The summed E-state index contributed by atoms with van der Waals surface area (Å²) in [4.78, 5) is 32.3. The van der Waals surface area contributed by atoms with Gasteiger partial charge in [-0.3, -0.25) is 15.1 Å². The molecule has 2 rings (SSSR count). The Morgan fingerprint density at radius 1 is 1.04 bits per heavy atom. The largest absolute Gasteiger partial charge is 0.444 e. The van der Waals surface area contributed by atoms with Crippen molar-refractivity contribution >= 4 is 23.4 Å². The first-order chi connectivity index (χ1) is 11.7. The smallest absolute Gasteiger partial charge is 0.412 e. The Labute approximate surface area is 146 Å². The Bertz CT molecular complexity index is 797. The van der Waals surface area contributed by atoms with Gasteiger partial charge in [-0.15, -0.1) is 0 Å². The molecule has 2 aromatic heterocycles. The fraction of sp³-hybridized carbons (Fsp3) is 0.333. The SMILES string of the molecule is Cc1cc(C(=O)Nc2cnccc2C)ncc1NC(=O)OC(C)(C)C. The lowest BCUT2D eigenvalue weighted by atomic mass is 10.2. The fourth-order valence-electron chi connectivity index (χ4n) is 2.01. The summed E-state index contributed by atoms with van der Waals surface area (Å²) in [6.07, 6.45) is 4.11. The molecule has 0 radical (unpaired) electrons. The van der Waals surface area contributed by atoms with E-state index in [2.05, 4.69) is 20.6 Å². The van der Waals surface area contributed by atoms with E-state index in [9.17, 15) is 9.59 Å². The van der Waals surface area contributed by atoms with Gasteiger partial charge in [0.25, 0.3) is 5.91 Å². The number of anilines is 2. The van der Waals surface area contributed by atoms with Gasteiger partial charge >= 0.3 is 6.09 Å². The van der Waals surface area contributed by atoms with Crippen molar-refractivity contribution in [2.24, 2.45) is 0 Å². The lowest BCUT2D eigenvalue weighted by Gasteiger charge is -2.20. The summed E-state index contributed by atoms with van der Waals surface area (Å²) in [5.41, 5.74) is 2.38. The van der Waals surface area contributed by atoms with E-state index in [1.54, 1.807) is 46.2 Å². The van der Waals surface area contributed by atoms with Gasteiger partial charge in [-0.25, -0.2) is 9.78 Å². The quantitative estimate of drug-likeness (QED) is 0.887. The van der Waals surface area contributed by atoms with Crippen molar-refractivity contribution in [2.75, 3.05) is 10.6 Å². The van der Waals surface area contributed by atoms with E-state index in [-0.39, 0.29) is 11.6 Å². The summed E-state index contributed by atoms with van der Waals surface area (Å²) in [6.45, 7) is 9.01. The van der Waals surface area contributed by atoms with Crippen LogP contribution in [0.5, 0.6) is 0 Å². The van der Waals surface area contributed by atoms with E-state index in [1.165, 1.54) is 6.20 Å². The second-order valence-corrected chi connectivity index (χ2v) is 6.66. The van der Waals surface area contributed by atoms with Crippen molar-refractivity contribution in [3.8, 4) is 0 Å². The highest BCUT2D eigenvalue weighted by Crippen LogP contribution is 2.18. The van der Waals surface area contributed by atoms with Crippen LogP contribution in [0.4, 0.5) is 16.2 Å². The molecule has 0 spiro atoms. The molecule has 0 saturated heterocycles. The molecule has 0 saturated carbocycles. The highest BCUT2D eigenvalue weighted by molar-refractivity contribution is 6.03. The average Bonchev–Trinajstić information content (AvgIpc) is 2.49. The number of nitrogens with one attached hydrogen (secondary N) is 2. The molecule has 2 heterocycles. The number of rotatable bonds is 3. The number of ether oxygens (including phenoxy) is 1. The summed E-state index contributed by atoms with van der Waals surface area (Å²) in [6, 6.07) is 3.41. The molecular weight excluding hydrogens is 320 g/mol. The molecule has 0 aliphatic carbocycles. The summed E-state index contributed by atoms with van der Waals surface area (Å²) in [7, 11) is 0. The van der Waals surface area contributed by atoms with Crippen molar-refractivity contribution in [1.82, 2.24) is 9.97 Å². The highest BCUT2D eigenvalue weighted by Gasteiger charge is 2.17. The van der Waals surface area contributed by atoms with Gasteiger partial charge in [-0.2, -0.15) is 0 Å². The predicted molar refractivity (Wildman–Crippen MR) is 95.8 cm³/mol. The Morgan fingerprint density at radius 2 is 1.72 bits per heavy atom. The van der Waals surface area contributed by atoms with Crippen LogP contribution in [0.1, 0.15) is 42.4 Å². The van der Waals surface area contributed by atoms with Crippen molar-refractivity contribution in [3.05, 3.63) is 47.5 Å². The van der Waals surface area contributed by atoms with Crippen LogP contribution in [0, 0.1) is 13.8 Å². The molecule has 0 aliphatic heterocycles. The molecule has 25 heavy (non-hydrogen) atoms. The van der Waals surface area contributed by atoms with Crippen molar-refractivity contribution in [2.45, 2.75) is 40.2 Å². The van der Waals surface area contributed by atoms with Gasteiger partial charge in [-0.05, 0) is 57.9 Å². The van der Waals surface area contributed by atoms with Gasteiger partial charge < -0.3 is 10.1 Å². The molecule has 0 atom stereocenters. The van der Waals surface area contributed by atoms with E-state index in [0.29, 0.717) is 16.9 Å². The molecule has 0 fully saturated rings. The molecule has 0 aliphatic rings. The second-order valence-electron chi connectivity index (χ2n) is 6.66. The third-order valence-corrected chi connectivity index (χ3v) is 3.27. The number of amides is 2. The van der Waals surface area contributed by atoms with Gasteiger partial charge in [0.2, 0.25) is 0 Å². The molecule has 7 heteroatoms. The van der Waals surface area contributed by atoms with Crippen LogP contribution in [-0.2, 0) is 4.74 Å². The number of carbonyl (C=O) groups excluding carboxylic acids is 2. The zero-order valence-corrected chi connectivity index (χ0v) is 15.0. The fourth-order valence-corrected chi connectivity index (χ4v) is 2.01. The summed E-state index contributed by atoms with van der Waals surface area (Å²) >= 11 is 0. The van der Waals surface area contributed by atoms with Gasteiger partial charge in [0, 0.05) is 6.20 Å². The Hall–Kier alpha value is -2.96. The predicted octanol–water partition coefficient (Wildman–Crippen LogP) is 3.69. The number of aryl methyl sites for hydroxylation is 2. The van der Waals surface area contributed by atoms with Crippen LogP contribution in [0.3, 0.4) is 0 Å². The van der Waals surface area contributed by atoms with Gasteiger partial charge in [0.05, 0.1) is 23.8 Å². The van der Waals surface area contributed by atoms with Gasteiger partial charge in [0.15, 0.2) is 0 Å². The molecule has 2 amide bonds. The minimum Gasteiger partial charge on any atom is -0.444 e. The van der Waals surface area contributed by atoms with Crippen LogP contribution >= 0.6 is 0 Å². The Balaban J connectivity index is 2.09. The number of hydrogen-bond donors (Lipinski definition) is 2. The zero-order valence-electron chi connectivity index (χ0n) is 15.0. The van der Waals surface area contributed by atoms with E-state index < -0.39 is 11.7 Å². The van der Waals surface area contributed by atoms with Crippen LogP contribution in [0.25, 0.3) is 0 Å². The molecule has 132 valence electrons. The van der Waals surface area contributed by atoms with E-state index >= 15 is 0 Å². The first-order valence-corrected chi connectivity index (χ1v) is 7.84. The normalized spacial score (nSPS) is 10.9. The summed E-state index contributed by atoms with van der Waals surface area (Å²) < 4.78 is 5.20. The number of pyridine rings is 2. The van der Waals surface area contributed by atoms with Crippen LogP contribution < -0.4 is 10.6 Å². The third kappa shape index (κ3) is 5.27. The standard InChI is InChI=1S/C18H22N4O3/c1-11-6-7-19-9-14(11)21-16(23)13-8-12(2)15(10-20-13)22-17(24)25-18(3,4)5/h6-10H,1-5H3,(H,21,23)(H,22,24). The third-order valence-electron chi connectivity index (χ3n) is 3.27. The first-order valence-electron chi connectivity index (χ1n) is 7.84. The Kier molecular flexibility index (Phi) is 5.36. The number of nitrogens with zero attached hydrogens (tertiary/aromatic N) is 2. The van der Waals surface area contributed by atoms with Crippen LogP contribution in [0.15, 0.2) is 30.7 Å². The Morgan fingerprint density at radius 3 is 2.32 bits per heavy atom. The monoisotopic (exact) mass is 342 g/mol. The first kappa shape index (κ1) is 18.4. The maximum Gasteiger partial charge on any atom is 0.412 e. The molecule has 0 unspecified atom stereocenters. The van der Waals surface area contributed by atoms with Crippen molar-refractivity contribution in [1.29, 1.82) is 0 Å². The molecule has 0 aromatic carbocycles. The van der Waals surface area contributed by atoms with Crippen LogP contribution in [0.2, 0.25) is 0 Å². The number of hydrogen-bond acceptors (Lipinski definition) is 5. The molecular formula is C18H22N4O3. The summed E-state index contributed by atoms with van der Waals surface area (Å²) in [5.74, 6) is -0.344. The molecule has 2 aromatic rings. The number of aromatic nitrogens is 2. The molecule has 0 bridgehead atoms. The average molecular weight is 342 g/mol. The maximum absolute atomic E-state index is 12.3. The maximum atomic E-state index is 12.3. The number of carbonyl (C=O) groups is 2. The lowest BCUT2D eigenvalue weighted by Crippen LogP contribution is -2.27. The van der Waals surface area contributed by atoms with Crippen molar-refractivity contribution in [3.63, 3.8) is 0 Å². The van der Waals surface area contributed by atoms with Crippen molar-refractivity contribution < 1.29 is 14.3 Å². The van der Waals surface area contributed by atoms with E-state index in [0.717, 1.165) is 5.56 Å². The van der Waals surface area contributed by atoms with E-state index in [1.807, 2.05) is 13.0 Å². The molecule has 2 N–H and O–H groups in total. The molecule has 7 nitrogen and oxygen atoms in total. The lowest BCUT2D eigenvalue weighted by molar-refractivity contribution is 0.0635. The minimum absolute atomic E-state index is 0.246. The summed E-state index contributed by atoms with van der Waals surface area (Å²) in [5, 5.41) is 5.40. The highest BCUT2D eigenvalue weighted by atomic mass is 16.6. The van der Waals surface area contributed by atoms with Gasteiger partial charge in [0.1, 0.15) is 11.3 Å².